The predicted molar refractivity (Wildman–Crippen MR) is 129 cm³/mol. The van der Waals surface area contributed by atoms with E-state index in [1.54, 1.807) is 30.2 Å². The Morgan fingerprint density at radius 1 is 1.18 bits per heavy atom. The summed E-state index contributed by atoms with van der Waals surface area (Å²) in [7, 11) is 1.62. The second-order valence-corrected chi connectivity index (χ2v) is 8.94. The molecule has 1 saturated heterocycles. The van der Waals surface area contributed by atoms with E-state index in [-0.39, 0.29) is 18.0 Å². The summed E-state index contributed by atoms with van der Waals surface area (Å²) in [4.78, 5) is 27.6. The highest BCUT2D eigenvalue weighted by atomic mass is 16.5. The van der Waals surface area contributed by atoms with Crippen molar-refractivity contribution in [3.63, 3.8) is 0 Å². The number of hydrogen-bond acceptors (Lipinski definition) is 4. The van der Waals surface area contributed by atoms with Crippen LogP contribution in [0.4, 0.5) is 10.5 Å². The van der Waals surface area contributed by atoms with Gasteiger partial charge in [-0.25, -0.2) is 4.79 Å². The van der Waals surface area contributed by atoms with Gasteiger partial charge < -0.3 is 20.1 Å². The third kappa shape index (κ3) is 3.94. The number of urea groups is 1. The third-order valence-electron chi connectivity index (χ3n) is 6.41. The number of carbonyl (C=O) groups is 2. The van der Waals surface area contributed by atoms with Crippen LogP contribution in [0.5, 0.6) is 11.5 Å². The minimum Gasteiger partial charge on any atom is -0.497 e. The largest absolute Gasteiger partial charge is 0.497 e. The fourth-order valence-corrected chi connectivity index (χ4v) is 4.70. The molecule has 0 radical (unpaired) electrons. The number of nitrogens with zero attached hydrogens (tertiary/aromatic N) is 1. The van der Waals surface area contributed by atoms with Crippen molar-refractivity contribution in [3.8, 4) is 11.5 Å². The lowest BCUT2D eigenvalue weighted by Crippen LogP contribution is -2.65. The Kier molecular flexibility index (Phi) is 5.40. The van der Waals surface area contributed by atoms with E-state index >= 15 is 0 Å². The number of hydrogen-bond donors (Lipinski definition) is 2. The van der Waals surface area contributed by atoms with E-state index in [9.17, 15) is 9.59 Å². The van der Waals surface area contributed by atoms with Gasteiger partial charge >= 0.3 is 6.03 Å². The smallest absolute Gasteiger partial charge is 0.325 e. The molecule has 7 heteroatoms. The molecule has 2 N–H and O–H groups in total. The van der Waals surface area contributed by atoms with Crippen LogP contribution in [0.1, 0.15) is 46.4 Å². The van der Waals surface area contributed by atoms with Crippen LogP contribution in [0.3, 0.4) is 0 Å². The van der Waals surface area contributed by atoms with Crippen molar-refractivity contribution >= 4 is 17.6 Å². The van der Waals surface area contributed by atoms with Crippen molar-refractivity contribution in [1.29, 1.82) is 0 Å². The first-order valence-corrected chi connectivity index (χ1v) is 11.3. The van der Waals surface area contributed by atoms with Crippen molar-refractivity contribution in [2.45, 2.75) is 38.6 Å². The molecule has 34 heavy (non-hydrogen) atoms. The molecule has 1 fully saturated rings. The zero-order chi connectivity index (χ0) is 23.9. The number of amides is 3. The molecule has 3 amide bonds. The van der Waals surface area contributed by atoms with Gasteiger partial charge in [0.25, 0.3) is 5.91 Å². The lowest BCUT2D eigenvalue weighted by molar-refractivity contribution is 0.0378. The Hall–Kier alpha value is -4.00. The number of benzene rings is 3. The van der Waals surface area contributed by atoms with Crippen molar-refractivity contribution < 1.29 is 19.1 Å². The van der Waals surface area contributed by atoms with Gasteiger partial charge in [0.2, 0.25) is 0 Å². The van der Waals surface area contributed by atoms with Crippen molar-refractivity contribution in [2.75, 3.05) is 12.0 Å². The maximum Gasteiger partial charge on any atom is 0.325 e. The molecule has 2 bridgehead atoms. The molecule has 7 nitrogen and oxygen atoms in total. The molecule has 174 valence electrons. The van der Waals surface area contributed by atoms with Gasteiger partial charge in [0.1, 0.15) is 11.5 Å². The van der Waals surface area contributed by atoms with Crippen LogP contribution < -0.4 is 25.0 Å². The summed E-state index contributed by atoms with van der Waals surface area (Å²) < 4.78 is 11.5. The maximum atomic E-state index is 13.2. The van der Waals surface area contributed by atoms with E-state index in [0.29, 0.717) is 24.2 Å². The summed E-state index contributed by atoms with van der Waals surface area (Å²) in [6.07, 6.45) is 0.600. The lowest BCUT2D eigenvalue weighted by Gasteiger charge is -2.50. The van der Waals surface area contributed by atoms with Gasteiger partial charge in [0.15, 0.2) is 5.72 Å². The van der Waals surface area contributed by atoms with Crippen LogP contribution in [-0.4, -0.2) is 24.8 Å². The Labute approximate surface area is 198 Å². The van der Waals surface area contributed by atoms with Gasteiger partial charge in [-0.1, -0.05) is 35.9 Å². The standard InChI is InChI=1S/C27H27N3O4/c1-17-7-12-24-22(13-17)23-15-27(2,34-24)30(26(32)29-23)20-6-4-5-19(14-20)25(31)28-16-18-8-10-21(33-3)11-9-18/h4-14,23H,15-16H2,1-3H3,(H,28,31)(H,29,32)/t23-,27-/m1/s1. The van der Waals surface area contributed by atoms with Crippen LogP contribution in [0.2, 0.25) is 0 Å². The summed E-state index contributed by atoms with van der Waals surface area (Å²) in [5.41, 5.74) is 3.28. The fraction of sp³-hybridized carbons (Fsp3) is 0.259. The molecule has 2 heterocycles. The quantitative estimate of drug-likeness (QED) is 0.582. The van der Waals surface area contributed by atoms with Crippen LogP contribution in [0.15, 0.2) is 66.7 Å². The Balaban J connectivity index is 1.36. The zero-order valence-corrected chi connectivity index (χ0v) is 19.4. The van der Waals surface area contributed by atoms with Crippen molar-refractivity contribution in [1.82, 2.24) is 10.6 Å². The Bertz CT molecular complexity index is 1260. The minimum absolute atomic E-state index is 0.117. The molecule has 2 atom stereocenters. The highest BCUT2D eigenvalue weighted by Gasteiger charge is 2.49. The first-order chi connectivity index (χ1) is 16.4. The third-order valence-corrected chi connectivity index (χ3v) is 6.41. The second-order valence-electron chi connectivity index (χ2n) is 8.94. The number of rotatable bonds is 5. The predicted octanol–water partition coefficient (Wildman–Crippen LogP) is 4.70. The average molecular weight is 458 g/mol. The summed E-state index contributed by atoms with van der Waals surface area (Å²) >= 11 is 0. The molecule has 0 spiro atoms. The summed E-state index contributed by atoms with van der Waals surface area (Å²) in [5.74, 6) is 1.31. The second kappa shape index (κ2) is 8.41. The summed E-state index contributed by atoms with van der Waals surface area (Å²) in [6.45, 7) is 4.32. The van der Waals surface area contributed by atoms with Crippen LogP contribution in [0, 0.1) is 6.92 Å². The van der Waals surface area contributed by atoms with Crippen molar-refractivity contribution in [2.24, 2.45) is 0 Å². The number of fused-ring (bicyclic) bond motifs is 4. The first-order valence-electron chi connectivity index (χ1n) is 11.3. The van der Waals surface area contributed by atoms with Gasteiger partial charge in [-0.05, 0) is 55.8 Å². The van der Waals surface area contributed by atoms with E-state index in [2.05, 4.69) is 16.7 Å². The Morgan fingerprint density at radius 3 is 2.74 bits per heavy atom. The van der Waals surface area contributed by atoms with E-state index in [1.165, 1.54) is 0 Å². The number of ether oxygens (including phenoxy) is 2. The minimum atomic E-state index is -0.868. The lowest BCUT2D eigenvalue weighted by atomic mass is 9.89. The fourth-order valence-electron chi connectivity index (χ4n) is 4.70. The molecule has 0 saturated carbocycles. The molecule has 0 aromatic heterocycles. The average Bonchev–Trinajstić information content (AvgIpc) is 2.83. The van der Waals surface area contributed by atoms with Gasteiger partial charge in [0.05, 0.1) is 18.8 Å². The van der Waals surface area contributed by atoms with Gasteiger partial charge in [-0.3, -0.25) is 9.69 Å². The monoisotopic (exact) mass is 457 g/mol. The molecule has 2 aliphatic heterocycles. The van der Waals surface area contributed by atoms with E-state index in [0.717, 1.165) is 28.2 Å². The number of carbonyl (C=O) groups excluding carboxylic acids is 2. The van der Waals surface area contributed by atoms with E-state index < -0.39 is 5.72 Å². The Morgan fingerprint density at radius 2 is 1.97 bits per heavy atom. The molecule has 0 unspecified atom stereocenters. The number of anilines is 1. The normalized spacial score (nSPS) is 20.6. The van der Waals surface area contributed by atoms with Crippen molar-refractivity contribution in [3.05, 3.63) is 89.0 Å². The number of methoxy groups -OCH3 is 1. The summed E-state index contributed by atoms with van der Waals surface area (Å²) in [5, 5.41) is 6.04. The summed E-state index contributed by atoms with van der Waals surface area (Å²) in [6, 6.07) is 20.2. The molecule has 3 aromatic carbocycles. The van der Waals surface area contributed by atoms with Gasteiger partial charge in [-0.15, -0.1) is 0 Å². The first kappa shape index (κ1) is 21.8. The van der Waals surface area contributed by atoms with Crippen LogP contribution in [-0.2, 0) is 6.54 Å². The molecular weight excluding hydrogens is 430 g/mol. The SMILES string of the molecule is COc1ccc(CNC(=O)c2cccc(N3C(=O)N[C@@H]4C[C@@]3(C)Oc3ccc(C)cc34)c2)cc1. The topological polar surface area (TPSA) is 79.9 Å². The maximum absolute atomic E-state index is 13.2. The molecule has 0 aliphatic carbocycles. The highest BCUT2D eigenvalue weighted by molar-refractivity contribution is 5.99. The number of nitrogens with one attached hydrogen (secondary N) is 2. The van der Waals surface area contributed by atoms with E-state index in [1.807, 2.05) is 56.3 Å². The number of aryl methyl sites for hydroxylation is 1. The molecule has 5 rings (SSSR count). The van der Waals surface area contributed by atoms with E-state index in [4.69, 9.17) is 9.47 Å². The highest BCUT2D eigenvalue weighted by Crippen LogP contribution is 2.45. The van der Waals surface area contributed by atoms with Crippen LogP contribution in [0.25, 0.3) is 0 Å². The molecular formula is C27H27N3O4. The van der Waals surface area contributed by atoms with Gasteiger partial charge in [0, 0.05) is 24.1 Å². The van der Waals surface area contributed by atoms with Gasteiger partial charge in [-0.2, -0.15) is 0 Å². The van der Waals surface area contributed by atoms with Crippen LogP contribution >= 0.6 is 0 Å². The molecule has 2 aliphatic rings. The zero-order valence-electron chi connectivity index (χ0n) is 19.4. The molecule has 3 aromatic rings.